The lowest BCUT2D eigenvalue weighted by Gasteiger charge is -2.23. The lowest BCUT2D eigenvalue weighted by atomic mass is 9.84. The van der Waals surface area contributed by atoms with Crippen molar-refractivity contribution < 1.29 is 0 Å². The summed E-state index contributed by atoms with van der Waals surface area (Å²) < 4.78 is 0. The summed E-state index contributed by atoms with van der Waals surface area (Å²) in [5.74, 6) is 0. The Balaban J connectivity index is 1.69. The number of fused-ring (bicyclic) bond motifs is 1. The molecule has 2 aromatic rings. The monoisotopic (exact) mass is 315 g/mol. The molecule has 0 spiro atoms. The Kier molecular flexibility index (Phi) is 4.33. The number of nitrogens with one attached hydrogen (secondary N) is 1. The zero-order valence-corrected chi connectivity index (χ0v) is 14.8. The molecular formula is C18H25N3S. The van der Waals surface area contributed by atoms with E-state index in [9.17, 15) is 0 Å². The normalized spacial score (nSPS) is 15.8. The fourth-order valence-electron chi connectivity index (χ4n) is 3.05. The van der Waals surface area contributed by atoms with Gasteiger partial charge in [-0.3, -0.25) is 4.98 Å². The van der Waals surface area contributed by atoms with Crippen molar-refractivity contribution in [3.63, 3.8) is 0 Å². The molecule has 1 atom stereocenters. The minimum absolute atomic E-state index is 0.144. The van der Waals surface area contributed by atoms with Gasteiger partial charge in [0.25, 0.3) is 0 Å². The van der Waals surface area contributed by atoms with Gasteiger partial charge in [-0.2, -0.15) is 0 Å². The van der Waals surface area contributed by atoms with E-state index >= 15 is 0 Å². The summed E-state index contributed by atoms with van der Waals surface area (Å²) in [6.45, 7) is 9.80. The Labute approximate surface area is 137 Å². The van der Waals surface area contributed by atoms with E-state index in [0.717, 1.165) is 13.0 Å². The van der Waals surface area contributed by atoms with Crippen molar-refractivity contribution in [2.45, 2.75) is 65.0 Å². The van der Waals surface area contributed by atoms with E-state index in [2.05, 4.69) is 44.1 Å². The fraction of sp³-hybridized carbons (Fsp3) is 0.556. The average Bonchev–Trinajstić information content (AvgIpc) is 3.05. The van der Waals surface area contributed by atoms with Gasteiger partial charge in [-0.15, -0.1) is 11.3 Å². The number of aryl methyl sites for hydroxylation is 2. The highest BCUT2D eigenvalue weighted by Gasteiger charge is 2.21. The second kappa shape index (κ2) is 6.09. The van der Waals surface area contributed by atoms with Crippen LogP contribution < -0.4 is 5.32 Å². The predicted molar refractivity (Wildman–Crippen MR) is 92.3 cm³/mol. The van der Waals surface area contributed by atoms with Crippen LogP contribution in [0.2, 0.25) is 0 Å². The maximum Gasteiger partial charge on any atom is 0.110 e. The molecular weight excluding hydrogens is 290 g/mol. The van der Waals surface area contributed by atoms with Crippen molar-refractivity contribution in [3.05, 3.63) is 45.2 Å². The van der Waals surface area contributed by atoms with Gasteiger partial charge in [0.2, 0.25) is 0 Å². The lowest BCUT2D eigenvalue weighted by molar-refractivity contribution is 0.542. The second-order valence-electron chi connectivity index (χ2n) is 7.16. The standard InChI is InChI=1S/C18H25N3S/c1-12(17-21-15-6-5-7-16(15)22-17)20-11-13-10-19-9-8-14(13)18(2,3)4/h8-10,12,20H,5-7,11H2,1-4H3. The number of hydrogen-bond donors (Lipinski definition) is 1. The fourth-order valence-corrected chi connectivity index (χ4v) is 4.23. The summed E-state index contributed by atoms with van der Waals surface area (Å²) in [4.78, 5) is 10.6. The van der Waals surface area contributed by atoms with Crippen molar-refractivity contribution in [2.24, 2.45) is 0 Å². The van der Waals surface area contributed by atoms with Gasteiger partial charge in [0, 0.05) is 23.8 Å². The predicted octanol–water partition coefficient (Wildman–Crippen LogP) is 4.18. The number of thiazole rings is 1. The summed E-state index contributed by atoms with van der Waals surface area (Å²) in [5.41, 5.74) is 4.13. The van der Waals surface area contributed by atoms with Crippen LogP contribution in [0.3, 0.4) is 0 Å². The first kappa shape index (κ1) is 15.6. The highest BCUT2D eigenvalue weighted by Crippen LogP contribution is 2.31. The molecule has 0 bridgehead atoms. The van der Waals surface area contributed by atoms with E-state index in [1.807, 2.05) is 23.7 Å². The van der Waals surface area contributed by atoms with Gasteiger partial charge >= 0.3 is 0 Å². The molecule has 1 aliphatic rings. The van der Waals surface area contributed by atoms with Crippen molar-refractivity contribution in [3.8, 4) is 0 Å². The average molecular weight is 315 g/mol. The number of pyridine rings is 1. The highest BCUT2D eigenvalue weighted by molar-refractivity contribution is 7.11. The van der Waals surface area contributed by atoms with Crippen LogP contribution in [-0.2, 0) is 24.8 Å². The topological polar surface area (TPSA) is 37.8 Å². The van der Waals surface area contributed by atoms with Gasteiger partial charge in [-0.25, -0.2) is 4.98 Å². The molecule has 3 nitrogen and oxygen atoms in total. The van der Waals surface area contributed by atoms with Crippen LogP contribution in [0.4, 0.5) is 0 Å². The third kappa shape index (κ3) is 3.23. The molecule has 2 heterocycles. The molecule has 0 fully saturated rings. The minimum atomic E-state index is 0.144. The van der Waals surface area contributed by atoms with Crippen molar-refractivity contribution in [1.82, 2.24) is 15.3 Å². The molecule has 1 N–H and O–H groups in total. The van der Waals surface area contributed by atoms with Gasteiger partial charge in [-0.1, -0.05) is 20.8 Å². The van der Waals surface area contributed by atoms with Crippen LogP contribution in [0.1, 0.15) is 66.9 Å². The summed E-state index contributed by atoms with van der Waals surface area (Å²) in [6, 6.07) is 2.43. The Hall–Kier alpha value is -1.26. The zero-order valence-electron chi connectivity index (χ0n) is 13.9. The largest absolute Gasteiger partial charge is 0.304 e. The van der Waals surface area contributed by atoms with Crippen LogP contribution in [0.15, 0.2) is 18.5 Å². The lowest BCUT2D eigenvalue weighted by Crippen LogP contribution is -2.22. The van der Waals surface area contributed by atoms with E-state index in [4.69, 9.17) is 4.98 Å². The first-order valence-corrected chi connectivity index (χ1v) is 8.92. The van der Waals surface area contributed by atoms with Crippen LogP contribution in [0, 0.1) is 0 Å². The molecule has 2 aromatic heterocycles. The first-order valence-electron chi connectivity index (χ1n) is 8.10. The van der Waals surface area contributed by atoms with Gasteiger partial charge in [0.1, 0.15) is 5.01 Å². The number of aromatic nitrogens is 2. The molecule has 0 amide bonds. The Morgan fingerprint density at radius 2 is 2.14 bits per heavy atom. The first-order chi connectivity index (χ1) is 10.4. The zero-order chi connectivity index (χ0) is 15.7. The summed E-state index contributed by atoms with van der Waals surface area (Å²) >= 11 is 1.89. The van der Waals surface area contributed by atoms with E-state index < -0.39 is 0 Å². The van der Waals surface area contributed by atoms with E-state index in [1.54, 1.807) is 0 Å². The maximum absolute atomic E-state index is 4.81. The second-order valence-corrected chi connectivity index (χ2v) is 8.28. The van der Waals surface area contributed by atoms with Crippen molar-refractivity contribution >= 4 is 11.3 Å². The minimum Gasteiger partial charge on any atom is -0.304 e. The SMILES string of the molecule is CC(NCc1cnccc1C(C)(C)C)c1nc2c(s1)CCC2. The molecule has 3 rings (SSSR count). The number of rotatable bonds is 4. The third-order valence-electron chi connectivity index (χ3n) is 4.29. The number of nitrogens with zero attached hydrogens (tertiary/aromatic N) is 2. The van der Waals surface area contributed by atoms with Crippen molar-refractivity contribution in [2.75, 3.05) is 0 Å². The molecule has 1 aliphatic carbocycles. The summed E-state index contributed by atoms with van der Waals surface area (Å²) in [7, 11) is 0. The molecule has 1 unspecified atom stereocenters. The van der Waals surface area contributed by atoms with Crippen LogP contribution in [0.5, 0.6) is 0 Å². The molecule has 4 heteroatoms. The van der Waals surface area contributed by atoms with Crippen molar-refractivity contribution in [1.29, 1.82) is 0 Å². The maximum atomic E-state index is 4.81. The molecule has 0 radical (unpaired) electrons. The Morgan fingerprint density at radius 3 is 2.86 bits per heavy atom. The highest BCUT2D eigenvalue weighted by atomic mass is 32.1. The van der Waals surface area contributed by atoms with Gasteiger partial charge in [0.15, 0.2) is 0 Å². The van der Waals surface area contributed by atoms with E-state index in [0.29, 0.717) is 6.04 Å². The molecule has 22 heavy (non-hydrogen) atoms. The Bertz CT molecular complexity index is 633. The molecule has 118 valence electrons. The smallest absolute Gasteiger partial charge is 0.110 e. The van der Waals surface area contributed by atoms with Crippen LogP contribution in [-0.4, -0.2) is 9.97 Å². The summed E-state index contributed by atoms with van der Waals surface area (Å²) in [6.07, 6.45) is 7.54. The third-order valence-corrected chi connectivity index (χ3v) is 5.63. The van der Waals surface area contributed by atoms with E-state index in [1.165, 1.54) is 39.5 Å². The van der Waals surface area contributed by atoms with E-state index in [-0.39, 0.29) is 5.41 Å². The van der Waals surface area contributed by atoms with Gasteiger partial charge in [-0.05, 0) is 48.8 Å². The quantitative estimate of drug-likeness (QED) is 0.920. The molecule has 0 saturated carbocycles. The summed E-state index contributed by atoms with van der Waals surface area (Å²) in [5, 5.41) is 4.85. The van der Waals surface area contributed by atoms with Gasteiger partial charge in [0.05, 0.1) is 11.7 Å². The molecule has 0 saturated heterocycles. The van der Waals surface area contributed by atoms with Crippen LogP contribution in [0.25, 0.3) is 0 Å². The Morgan fingerprint density at radius 1 is 1.32 bits per heavy atom. The van der Waals surface area contributed by atoms with Crippen LogP contribution >= 0.6 is 11.3 Å². The molecule has 0 aromatic carbocycles. The molecule has 0 aliphatic heterocycles. The number of hydrogen-bond acceptors (Lipinski definition) is 4. The van der Waals surface area contributed by atoms with Gasteiger partial charge < -0.3 is 5.32 Å².